The van der Waals surface area contributed by atoms with Gasteiger partial charge in [0, 0.05) is 38.1 Å². The van der Waals surface area contributed by atoms with Gasteiger partial charge in [-0.1, -0.05) is 96.2 Å². The molecule has 0 fully saturated rings. The molecule has 170 valence electrons. The average molecular weight is 479 g/mol. The smallest absolute Gasteiger partial charge is 0.0720 e. The zero-order chi connectivity index (χ0) is 24.1. The topological polar surface area (TPSA) is 25.8 Å². The lowest BCUT2D eigenvalue weighted by molar-refractivity contribution is 1.31. The molecular formula is C33H22N2S. The van der Waals surface area contributed by atoms with Crippen LogP contribution < -0.4 is 0 Å². The molecule has 0 aliphatic carbocycles. The van der Waals surface area contributed by atoms with Gasteiger partial charge in [0.25, 0.3) is 0 Å². The van der Waals surface area contributed by atoms with Gasteiger partial charge in [0.1, 0.15) is 0 Å². The Hall–Kier alpha value is -4.21. The first-order valence-electron chi connectivity index (χ1n) is 12.1. The van der Waals surface area contributed by atoms with Crippen LogP contribution in [0.2, 0.25) is 0 Å². The highest BCUT2D eigenvalue weighted by Crippen LogP contribution is 2.51. The molecule has 6 aromatic rings. The Bertz CT molecular complexity index is 1760. The van der Waals surface area contributed by atoms with Crippen LogP contribution in [-0.2, 0) is 0 Å². The standard InChI is InChI=1S/C33H22N2S/c1-21-11-13-23(14-12-21)29-20-24(19-28(35-29)22-7-3-2-4-8-22)25-15-16-27-33-31(17-18-34-27)36-30-10-6-5-9-26(30)32(25)33/h2-20H,1H3. The Labute approximate surface area is 214 Å². The van der Waals surface area contributed by atoms with E-state index in [1.165, 1.54) is 37.4 Å². The Kier molecular flexibility index (Phi) is 4.97. The number of pyridine rings is 2. The Balaban J connectivity index is 1.54. The summed E-state index contributed by atoms with van der Waals surface area (Å²) in [6.45, 7) is 2.12. The first-order valence-corrected chi connectivity index (χ1v) is 12.9. The van der Waals surface area contributed by atoms with Gasteiger partial charge in [0.15, 0.2) is 0 Å². The van der Waals surface area contributed by atoms with Gasteiger partial charge in [-0.15, -0.1) is 0 Å². The van der Waals surface area contributed by atoms with Crippen molar-refractivity contribution in [3.63, 3.8) is 0 Å². The number of aromatic nitrogens is 2. The molecule has 0 atom stereocenters. The van der Waals surface area contributed by atoms with Gasteiger partial charge in [-0.2, -0.15) is 0 Å². The van der Waals surface area contributed by atoms with E-state index in [9.17, 15) is 0 Å². The van der Waals surface area contributed by atoms with E-state index < -0.39 is 0 Å². The molecule has 0 saturated heterocycles. The first-order chi connectivity index (χ1) is 17.7. The summed E-state index contributed by atoms with van der Waals surface area (Å²) >= 11 is 1.83. The third-order valence-electron chi connectivity index (χ3n) is 6.80. The van der Waals surface area contributed by atoms with E-state index in [-0.39, 0.29) is 0 Å². The van der Waals surface area contributed by atoms with Crippen LogP contribution in [0.1, 0.15) is 5.56 Å². The fourth-order valence-electron chi connectivity index (χ4n) is 5.02. The molecule has 2 nitrogen and oxygen atoms in total. The second-order valence-corrected chi connectivity index (χ2v) is 10.2. The molecule has 7 rings (SSSR count). The highest BCUT2D eigenvalue weighted by Gasteiger charge is 2.23. The quantitative estimate of drug-likeness (QED) is 0.253. The van der Waals surface area contributed by atoms with E-state index in [1.807, 2.05) is 24.0 Å². The number of rotatable bonds is 3. The van der Waals surface area contributed by atoms with Crippen molar-refractivity contribution in [3.8, 4) is 44.8 Å². The summed E-state index contributed by atoms with van der Waals surface area (Å²) in [5, 5.41) is 1.23. The highest BCUT2D eigenvalue weighted by atomic mass is 32.2. The Morgan fingerprint density at radius 2 is 1.31 bits per heavy atom. The third-order valence-corrected chi connectivity index (χ3v) is 7.93. The van der Waals surface area contributed by atoms with E-state index in [1.54, 1.807) is 0 Å². The largest absolute Gasteiger partial charge is 0.256 e. The molecule has 3 heteroatoms. The molecule has 1 aliphatic rings. The first kappa shape index (κ1) is 21.1. The lowest BCUT2D eigenvalue weighted by Crippen LogP contribution is -1.98. The maximum Gasteiger partial charge on any atom is 0.0720 e. The summed E-state index contributed by atoms with van der Waals surface area (Å²) in [6, 6.07) is 38.7. The minimum absolute atomic E-state index is 0.973. The second kappa shape index (κ2) is 8.47. The fraction of sp³-hybridized carbons (Fsp3) is 0.0303. The molecule has 4 aromatic carbocycles. The molecule has 0 radical (unpaired) electrons. The van der Waals surface area contributed by atoms with Crippen molar-refractivity contribution in [2.45, 2.75) is 16.7 Å². The molecule has 2 aromatic heterocycles. The molecule has 0 spiro atoms. The van der Waals surface area contributed by atoms with Gasteiger partial charge in [-0.25, -0.2) is 4.98 Å². The van der Waals surface area contributed by atoms with Crippen molar-refractivity contribution in [3.05, 3.63) is 121 Å². The van der Waals surface area contributed by atoms with Crippen LogP contribution in [0.25, 0.3) is 55.7 Å². The molecule has 0 amide bonds. The molecule has 1 aliphatic heterocycles. The summed E-state index contributed by atoms with van der Waals surface area (Å²) in [4.78, 5) is 12.3. The monoisotopic (exact) mass is 478 g/mol. The van der Waals surface area contributed by atoms with E-state index in [4.69, 9.17) is 9.97 Å². The van der Waals surface area contributed by atoms with Gasteiger partial charge in [0.2, 0.25) is 0 Å². The van der Waals surface area contributed by atoms with Crippen molar-refractivity contribution in [2.24, 2.45) is 0 Å². The van der Waals surface area contributed by atoms with Crippen LogP contribution in [0.4, 0.5) is 0 Å². The number of hydrogen-bond donors (Lipinski definition) is 0. The number of aryl methyl sites for hydroxylation is 1. The zero-order valence-electron chi connectivity index (χ0n) is 19.8. The molecule has 0 saturated carbocycles. The van der Waals surface area contributed by atoms with Gasteiger partial charge < -0.3 is 0 Å². The number of hydrogen-bond acceptors (Lipinski definition) is 3. The normalized spacial score (nSPS) is 11.9. The van der Waals surface area contributed by atoms with E-state index >= 15 is 0 Å². The molecule has 0 unspecified atom stereocenters. The SMILES string of the molecule is Cc1ccc(-c2cc(-c3ccc4nccc5c4c3-c3ccccc3S5)cc(-c3ccccc3)n2)cc1. The van der Waals surface area contributed by atoms with E-state index in [0.717, 1.165) is 33.6 Å². The lowest BCUT2D eigenvalue weighted by Gasteiger charge is -2.23. The minimum Gasteiger partial charge on any atom is -0.256 e. The molecule has 0 bridgehead atoms. The molecular weight excluding hydrogens is 456 g/mol. The molecule has 36 heavy (non-hydrogen) atoms. The van der Waals surface area contributed by atoms with Crippen LogP contribution in [0.5, 0.6) is 0 Å². The van der Waals surface area contributed by atoms with Crippen LogP contribution in [-0.4, -0.2) is 9.97 Å². The van der Waals surface area contributed by atoms with Crippen molar-refractivity contribution in [2.75, 3.05) is 0 Å². The summed E-state index contributed by atoms with van der Waals surface area (Å²) in [5.74, 6) is 0. The second-order valence-electron chi connectivity index (χ2n) is 9.15. The number of nitrogens with zero attached hydrogens (tertiary/aromatic N) is 2. The van der Waals surface area contributed by atoms with Crippen LogP contribution in [0.15, 0.2) is 125 Å². The minimum atomic E-state index is 0.973. The number of fused-ring (bicyclic) bond motifs is 2. The predicted octanol–water partition coefficient (Wildman–Crippen LogP) is 9.07. The predicted molar refractivity (Wildman–Crippen MR) is 150 cm³/mol. The maximum absolute atomic E-state index is 5.11. The van der Waals surface area contributed by atoms with Crippen LogP contribution in [0, 0.1) is 6.92 Å². The van der Waals surface area contributed by atoms with Gasteiger partial charge in [0.05, 0.1) is 16.9 Å². The highest BCUT2D eigenvalue weighted by molar-refractivity contribution is 7.99. The summed E-state index contributed by atoms with van der Waals surface area (Å²) in [7, 11) is 0. The third kappa shape index (κ3) is 3.52. The van der Waals surface area contributed by atoms with E-state index in [2.05, 4.69) is 110 Å². The van der Waals surface area contributed by atoms with Gasteiger partial charge in [-0.05, 0) is 53.9 Å². The van der Waals surface area contributed by atoms with E-state index in [0.29, 0.717) is 0 Å². The van der Waals surface area contributed by atoms with Crippen LogP contribution >= 0.6 is 11.8 Å². The molecule has 0 N–H and O–H groups in total. The zero-order valence-corrected chi connectivity index (χ0v) is 20.6. The summed E-state index contributed by atoms with van der Waals surface area (Å²) in [6.07, 6.45) is 1.91. The average Bonchev–Trinajstić information content (AvgIpc) is 2.94. The summed E-state index contributed by atoms with van der Waals surface area (Å²) in [5.41, 5.74) is 11.3. The van der Waals surface area contributed by atoms with Crippen molar-refractivity contribution < 1.29 is 0 Å². The Morgan fingerprint density at radius 1 is 0.583 bits per heavy atom. The van der Waals surface area contributed by atoms with Crippen LogP contribution in [0.3, 0.4) is 0 Å². The lowest BCUT2D eigenvalue weighted by atomic mass is 9.89. The van der Waals surface area contributed by atoms with Crippen molar-refractivity contribution >= 4 is 22.7 Å². The maximum atomic E-state index is 5.11. The fourth-order valence-corrected chi connectivity index (χ4v) is 6.12. The van der Waals surface area contributed by atoms with Gasteiger partial charge >= 0.3 is 0 Å². The number of benzene rings is 4. The Morgan fingerprint density at radius 3 is 2.11 bits per heavy atom. The molecule has 3 heterocycles. The van der Waals surface area contributed by atoms with Crippen molar-refractivity contribution in [1.82, 2.24) is 9.97 Å². The summed E-state index contributed by atoms with van der Waals surface area (Å²) < 4.78 is 0. The van der Waals surface area contributed by atoms with Gasteiger partial charge in [-0.3, -0.25) is 4.98 Å². The van der Waals surface area contributed by atoms with Crippen molar-refractivity contribution in [1.29, 1.82) is 0 Å².